The van der Waals surface area contributed by atoms with Crippen LogP contribution in [0.3, 0.4) is 0 Å². The largest absolute Gasteiger partial charge is 0.443 e. The highest BCUT2D eigenvalue weighted by atomic mass is 79.9. The molecule has 2 aromatic heterocycles. The number of aromatic nitrogens is 3. The Morgan fingerprint density at radius 2 is 1.87 bits per heavy atom. The lowest BCUT2D eigenvalue weighted by atomic mass is 9.96. The molecule has 2 aromatic carbocycles. The number of fused-ring (bicyclic) bond motifs is 3. The van der Waals surface area contributed by atoms with Crippen molar-refractivity contribution < 1.29 is 19.2 Å². The van der Waals surface area contributed by atoms with E-state index in [1.165, 1.54) is 5.06 Å². The smallest absolute Gasteiger partial charge is 0.419 e. The number of ether oxygens (including phenoxy) is 1. The second-order valence-electron chi connectivity index (χ2n) is 10.2. The lowest BCUT2D eigenvalue weighted by Crippen LogP contribution is -2.40. The standard InChI is InChI=1S/C29H29BrN4O4/c1-6-24(35)34-25(18-7-9-19(10-8-18)27-31-14-13-17(2)32-27)26-22(16-37-34)21-15-20(30)11-12-23(21)33(26)28(36)38-29(3,4)5/h7-15,25H,6,16H2,1-5H3. The second kappa shape index (κ2) is 9.96. The fourth-order valence-electron chi connectivity index (χ4n) is 4.68. The lowest BCUT2D eigenvalue weighted by Gasteiger charge is -2.36. The molecule has 0 spiro atoms. The number of rotatable bonds is 3. The summed E-state index contributed by atoms with van der Waals surface area (Å²) in [6.45, 7) is 9.35. The minimum atomic E-state index is -0.703. The van der Waals surface area contributed by atoms with E-state index in [2.05, 4.69) is 25.9 Å². The molecule has 9 heteroatoms. The molecule has 0 bridgehead atoms. The van der Waals surface area contributed by atoms with Crippen molar-refractivity contribution in [1.82, 2.24) is 19.6 Å². The molecule has 1 amide bonds. The summed E-state index contributed by atoms with van der Waals surface area (Å²) in [4.78, 5) is 41.7. The second-order valence-corrected chi connectivity index (χ2v) is 11.1. The van der Waals surface area contributed by atoms with E-state index in [4.69, 9.17) is 9.57 Å². The maximum Gasteiger partial charge on any atom is 0.419 e. The van der Waals surface area contributed by atoms with E-state index in [0.717, 1.165) is 32.2 Å². The molecular weight excluding hydrogens is 548 g/mol. The minimum Gasteiger partial charge on any atom is -0.443 e. The first-order valence-electron chi connectivity index (χ1n) is 12.5. The van der Waals surface area contributed by atoms with E-state index in [0.29, 0.717) is 17.0 Å². The number of nitrogens with zero attached hydrogens (tertiary/aromatic N) is 4. The normalized spacial score (nSPS) is 15.4. The van der Waals surface area contributed by atoms with Crippen molar-refractivity contribution in [2.45, 2.75) is 59.3 Å². The summed E-state index contributed by atoms with van der Waals surface area (Å²) >= 11 is 3.55. The predicted octanol–water partition coefficient (Wildman–Crippen LogP) is 6.73. The molecule has 0 fully saturated rings. The molecule has 0 saturated carbocycles. The Labute approximate surface area is 229 Å². The number of carbonyl (C=O) groups is 2. The van der Waals surface area contributed by atoms with Crippen LogP contribution in [0.1, 0.15) is 62.7 Å². The lowest BCUT2D eigenvalue weighted by molar-refractivity contribution is -0.209. The van der Waals surface area contributed by atoms with Crippen molar-refractivity contribution in [2.75, 3.05) is 0 Å². The third kappa shape index (κ3) is 4.83. The monoisotopic (exact) mass is 576 g/mol. The molecule has 3 heterocycles. The van der Waals surface area contributed by atoms with E-state index >= 15 is 0 Å². The van der Waals surface area contributed by atoms with E-state index < -0.39 is 17.7 Å². The topological polar surface area (TPSA) is 86.5 Å². The van der Waals surface area contributed by atoms with Gasteiger partial charge in [0.25, 0.3) is 0 Å². The summed E-state index contributed by atoms with van der Waals surface area (Å²) in [6, 6.07) is 14.6. The number of halogens is 1. The summed E-state index contributed by atoms with van der Waals surface area (Å²) in [5.41, 5.74) is 3.98. The first-order chi connectivity index (χ1) is 18.1. The van der Waals surface area contributed by atoms with Crippen molar-refractivity contribution >= 4 is 38.8 Å². The van der Waals surface area contributed by atoms with Gasteiger partial charge < -0.3 is 4.74 Å². The van der Waals surface area contributed by atoms with E-state index in [9.17, 15) is 9.59 Å². The highest BCUT2D eigenvalue weighted by Gasteiger charge is 2.39. The highest BCUT2D eigenvalue weighted by Crippen LogP contribution is 2.42. The number of benzene rings is 2. The molecule has 0 N–H and O–H groups in total. The zero-order valence-electron chi connectivity index (χ0n) is 22.0. The fraction of sp³-hybridized carbons (Fsp3) is 0.310. The minimum absolute atomic E-state index is 0.148. The van der Waals surface area contributed by atoms with E-state index in [-0.39, 0.29) is 18.9 Å². The Morgan fingerprint density at radius 1 is 1.13 bits per heavy atom. The molecule has 0 aliphatic carbocycles. The van der Waals surface area contributed by atoms with Crippen LogP contribution in [0.25, 0.3) is 22.3 Å². The van der Waals surface area contributed by atoms with Gasteiger partial charge in [0.05, 0.1) is 11.2 Å². The molecule has 8 nitrogen and oxygen atoms in total. The van der Waals surface area contributed by atoms with E-state index in [1.54, 1.807) is 17.7 Å². The molecule has 0 saturated heterocycles. The van der Waals surface area contributed by atoms with Crippen molar-refractivity contribution in [2.24, 2.45) is 0 Å². The number of carbonyl (C=O) groups excluding carboxylic acids is 2. The SMILES string of the molecule is CCC(=O)N1OCc2c(n(C(=O)OC(C)(C)C)c3ccc(Br)cc23)C1c1ccc(-c2nccc(C)n2)cc1. The van der Waals surface area contributed by atoms with Gasteiger partial charge in [0, 0.05) is 39.3 Å². The van der Waals surface area contributed by atoms with Crippen molar-refractivity contribution in [3.63, 3.8) is 0 Å². The average Bonchev–Trinajstić information content (AvgIpc) is 3.20. The molecule has 0 radical (unpaired) electrons. The van der Waals surface area contributed by atoms with Crippen molar-refractivity contribution in [3.05, 3.63) is 81.7 Å². The Kier molecular flexibility index (Phi) is 6.83. The van der Waals surface area contributed by atoms with Gasteiger partial charge in [-0.25, -0.2) is 24.4 Å². The van der Waals surface area contributed by atoms with Gasteiger partial charge in [0.15, 0.2) is 5.82 Å². The summed E-state index contributed by atoms with van der Waals surface area (Å²) in [5, 5.41) is 2.24. The van der Waals surface area contributed by atoms with Gasteiger partial charge in [0.2, 0.25) is 5.91 Å². The third-order valence-electron chi connectivity index (χ3n) is 6.32. The first-order valence-corrected chi connectivity index (χ1v) is 13.3. The van der Waals surface area contributed by atoms with Crippen molar-refractivity contribution in [3.8, 4) is 11.4 Å². The molecule has 5 rings (SSSR count). The molecule has 4 aromatic rings. The van der Waals surface area contributed by atoms with Crippen LogP contribution in [0.15, 0.2) is 59.2 Å². The van der Waals surface area contributed by atoms with Gasteiger partial charge in [-0.05, 0) is 57.5 Å². The summed E-state index contributed by atoms with van der Waals surface area (Å²) in [5.74, 6) is 0.431. The van der Waals surface area contributed by atoms with Crippen LogP contribution < -0.4 is 0 Å². The van der Waals surface area contributed by atoms with Gasteiger partial charge in [-0.1, -0.05) is 47.1 Å². The van der Waals surface area contributed by atoms with Gasteiger partial charge in [-0.2, -0.15) is 0 Å². The maximum atomic E-state index is 13.7. The first kappa shape index (κ1) is 26.1. The van der Waals surface area contributed by atoms with Gasteiger partial charge in [-0.15, -0.1) is 0 Å². The molecule has 196 valence electrons. The zero-order chi connectivity index (χ0) is 27.2. The fourth-order valence-corrected chi connectivity index (χ4v) is 5.04. The third-order valence-corrected chi connectivity index (χ3v) is 6.81. The van der Waals surface area contributed by atoms with Crippen LogP contribution in [0.4, 0.5) is 4.79 Å². The predicted molar refractivity (Wildman–Crippen MR) is 147 cm³/mol. The van der Waals surface area contributed by atoms with Crippen LogP contribution in [-0.2, 0) is 21.0 Å². The Balaban J connectivity index is 1.72. The van der Waals surface area contributed by atoms with Crippen LogP contribution >= 0.6 is 15.9 Å². The molecule has 1 aliphatic heterocycles. The average molecular weight is 577 g/mol. The Morgan fingerprint density at radius 3 is 2.53 bits per heavy atom. The van der Waals surface area contributed by atoms with Crippen LogP contribution in [-0.4, -0.2) is 37.2 Å². The maximum absolute atomic E-state index is 13.7. The number of hydrogen-bond acceptors (Lipinski definition) is 6. The van der Waals surface area contributed by atoms with Crippen LogP contribution in [0.5, 0.6) is 0 Å². The van der Waals surface area contributed by atoms with Crippen LogP contribution in [0, 0.1) is 6.92 Å². The van der Waals surface area contributed by atoms with Gasteiger partial charge in [0.1, 0.15) is 18.2 Å². The van der Waals surface area contributed by atoms with Crippen molar-refractivity contribution in [1.29, 1.82) is 0 Å². The molecule has 1 aliphatic rings. The quantitative estimate of drug-likeness (QED) is 0.269. The van der Waals surface area contributed by atoms with Gasteiger partial charge >= 0.3 is 6.09 Å². The highest BCUT2D eigenvalue weighted by molar-refractivity contribution is 9.10. The molecule has 1 unspecified atom stereocenters. The van der Waals surface area contributed by atoms with Gasteiger partial charge in [-0.3, -0.25) is 9.63 Å². The zero-order valence-corrected chi connectivity index (χ0v) is 23.6. The van der Waals surface area contributed by atoms with E-state index in [1.807, 2.05) is 76.2 Å². The Bertz CT molecular complexity index is 1540. The molecular formula is C29H29BrN4O4. The Hall–Kier alpha value is -3.56. The summed E-state index contributed by atoms with van der Waals surface area (Å²) in [7, 11) is 0. The number of hydrogen-bond donors (Lipinski definition) is 0. The molecule has 38 heavy (non-hydrogen) atoms. The summed E-state index contributed by atoms with van der Waals surface area (Å²) in [6.07, 6.45) is 1.47. The summed E-state index contributed by atoms with van der Waals surface area (Å²) < 4.78 is 8.29. The van der Waals surface area contributed by atoms with Crippen LogP contribution in [0.2, 0.25) is 0 Å². The number of aryl methyl sites for hydroxylation is 1. The number of hydroxylamine groups is 2. The number of amides is 1. The molecule has 1 atom stereocenters.